The first kappa shape index (κ1) is 9.03. The van der Waals surface area contributed by atoms with Crippen molar-refractivity contribution in [3.8, 4) is 0 Å². The summed E-state index contributed by atoms with van der Waals surface area (Å²) in [6, 6.07) is 0. The van der Waals surface area contributed by atoms with Gasteiger partial charge < -0.3 is 4.74 Å². The molecule has 0 radical (unpaired) electrons. The van der Waals surface area contributed by atoms with E-state index in [0.717, 1.165) is 25.0 Å². The van der Waals surface area contributed by atoms with E-state index in [0.29, 0.717) is 0 Å². The molecule has 0 aromatic rings. The molecule has 0 aromatic heterocycles. The van der Waals surface area contributed by atoms with Crippen LogP contribution in [0.15, 0.2) is 9.34 Å². The second-order valence-corrected chi connectivity index (χ2v) is 3.93. The lowest BCUT2D eigenvalue weighted by Gasteiger charge is -2.14. The minimum absolute atomic E-state index is 0.198. The van der Waals surface area contributed by atoms with Crippen molar-refractivity contribution in [1.82, 2.24) is 0 Å². The van der Waals surface area contributed by atoms with Gasteiger partial charge in [-0.15, -0.1) is 0 Å². The molecule has 62 valence electrons. The van der Waals surface area contributed by atoms with E-state index in [9.17, 15) is 4.79 Å². The molecule has 0 saturated heterocycles. The van der Waals surface area contributed by atoms with E-state index in [1.54, 1.807) is 0 Å². The molecular formula is C8H11IO2. The number of esters is 1. The smallest absolute Gasteiger partial charge is 0.307 e. The third kappa shape index (κ3) is 2.81. The molecule has 0 spiro atoms. The Morgan fingerprint density at radius 2 is 2.09 bits per heavy atom. The van der Waals surface area contributed by atoms with Gasteiger partial charge in [-0.25, -0.2) is 0 Å². The third-order valence-corrected chi connectivity index (χ3v) is 2.76. The Hall–Kier alpha value is -0.0600. The second-order valence-electron chi connectivity index (χ2n) is 2.63. The number of halogens is 1. The Morgan fingerprint density at radius 3 is 2.64 bits per heavy atom. The highest BCUT2D eigenvalue weighted by molar-refractivity contribution is 14.1. The summed E-state index contributed by atoms with van der Waals surface area (Å²) < 4.78 is 6.25. The molecule has 0 amide bonds. The summed E-state index contributed by atoms with van der Waals surface area (Å²) in [5, 5.41) is 0. The van der Waals surface area contributed by atoms with Gasteiger partial charge in [0.05, 0.1) is 0 Å². The van der Waals surface area contributed by atoms with Crippen LogP contribution in [0.1, 0.15) is 32.6 Å². The summed E-state index contributed by atoms with van der Waals surface area (Å²) in [6.45, 7) is 1.45. The van der Waals surface area contributed by atoms with Crippen LogP contribution in [0.2, 0.25) is 0 Å². The van der Waals surface area contributed by atoms with Crippen LogP contribution in [-0.4, -0.2) is 5.97 Å². The molecular weight excluding hydrogens is 255 g/mol. The van der Waals surface area contributed by atoms with E-state index in [1.807, 2.05) is 0 Å². The lowest BCUT2D eigenvalue weighted by molar-refractivity contribution is -0.137. The van der Waals surface area contributed by atoms with Crippen LogP contribution in [0.5, 0.6) is 0 Å². The minimum atomic E-state index is -0.198. The largest absolute Gasteiger partial charge is 0.430 e. The molecule has 0 aromatic carbocycles. The number of ether oxygens (including phenoxy) is 1. The molecule has 0 heterocycles. The van der Waals surface area contributed by atoms with Crippen LogP contribution in [0.25, 0.3) is 0 Å². The first-order chi connectivity index (χ1) is 5.20. The second kappa shape index (κ2) is 4.09. The predicted molar refractivity (Wildman–Crippen MR) is 51.3 cm³/mol. The number of carbonyl (C=O) groups is 1. The molecule has 0 atom stereocenters. The Kier molecular flexibility index (Phi) is 3.36. The third-order valence-electron chi connectivity index (χ3n) is 1.62. The highest BCUT2D eigenvalue weighted by Crippen LogP contribution is 2.29. The van der Waals surface area contributed by atoms with Gasteiger partial charge in [-0.1, -0.05) is 0 Å². The molecule has 0 fully saturated rings. The molecule has 2 nitrogen and oxygen atoms in total. The summed E-state index contributed by atoms with van der Waals surface area (Å²) in [6.07, 6.45) is 4.37. The van der Waals surface area contributed by atoms with E-state index in [4.69, 9.17) is 4.74 Å². The van der Waals surface area contributed by atoms with Gasteiger partial charge in [0.2, 0.25) is 0 Å². The van der Waals surface area contributed by atoms with Gasteiger partial charge in [0.1, 0.15) is 5.76 Å². The Bertz CT molecular complexity index is 196. The van der Waals surface area contributed by atoms with Crippen LogP contribution in [-0.2, 0) is 9.53 Å². The molecule has 1 aliphatic carbocycles. The van der Waals surface area contributed by atoms with E-state index >= 15 is 0 Å². The van der Waals surface area contributed by atoms with Crippen molar-refractivity contribution in [2.24, 2.45) is 0 Å². The summed E-state index contributed by atoms with van der Waals surface area (Å²) in [4.78, 5) is 10.6. The average Bonchev–Trinajstić information content (AvgIpc) is 1.93. The van der Waals surface area contributed by atoms with E-state index < -0.39 is 0 Å². The normalized spacial score (nSPS) is 18.4. The summed E-state index contributed by atoms with van der Waals surface area (Å²) >= 11 is 2.25. The van der Waals surface area contributed by atoms with Gasteiger partial charge in [-0.3, -0.25) is 4.79 Å². The number of carbonyl (C=O) groups excluding carboxylic acids is 1. The quantitative estimate of drug-likeness (QED) is 0.539. The van der Waals surface area contributed by atoms with Crippen LogP contribution < -0.4 is 0 Å². The highest BCUT2D eigenvalue weighted by Gasteiger charge is 2.12. The van der Waals surface area contributed by atoms with Gasteiger partial charge in [0, 0.05) is 16.9 Å². The van der Waals surface area contributed by atoms with Crippen molar-refractivity contribution >= 4 is 28.6 Å². The molecule has 0 saturated carbocycles. The van der Waals surface area contributed by atoms with Gasteiger partial charge >= 0.3 is 5.97 Å². The molecule has 1 aliphatic rings. The van der Waals surface area contributed by atoms with Crippen molar-refractivity contribution in [2.45, 2.75) is 32.6 Å². The topological polar surface area (TPSA) is 26.3 Å². The maximum atomic E-state index is 10.6. The fourth-order valence-electron chi connectivity index (χ4n) is 1.12. The maximum absolute atomic E-state index is 10.6. The van der Waals surface area contributed by atoms with Gasteiger partial charge in [-0.2, -0.15) is 0 Å². The van der Waals surface area contributed by atoms with E-state index in [1.165, 1.54) is 16.9 Å². The van der Waals surface area contributed by atoms with Crippen LogP contribution in [0.4, 0.5) is 0 Å². The average molecular weight is 266 g/mol. The summed E-state index contributed by atoms with van der Waals surface area (Å²) in [7, 11) is 0. The van der Waals surface area contributed by atoms with Crippen molar-refractivity contribution in [1.29, 1.82) is 0 Å². The monoisotopic (exact) mass is 266 g/mol. The van der Waals surface area contributed by atoms with Gasteiger partial charge in [-0.05, 0) is 41.9 Å². The van der Waals surface area contributed by atoms with E-state index in [-0.39, 0.29) is 5.97 Å². The zero-order valence-corrected chi connectivity index (χ0v) is 8.68. The number of allylic oxidation sites excluding steroid dienone is 2. The molecule has 0 bridgehead atoms. The SMILES string of the molecule is CC(=O)OC1=C(I)CCCC1. The summed E-state index contributed by atoms with van der Waals surface area (Å²) in [5.74, 6) is 0.695. The first-order valence-corrected chi connectivity index (χ1v) is 4.84. The van der Waals surface area contributed by atoms with Crippen LogP contribution in [0, 0.1) is 0 Å². The number of hydrogen-bond acceptors (Lipinski definition) is 2. The Balaban J connectivity index is 2.59. The van der Waals surface area contributed by atoms with Gasteiger partial charge in [0.15, 0.2) is 0 Å². The predicted octanol–water partition coefficient (Wildman–Crippen LogP) is 2.77. The number of hydrogen-bond donors (Lipinski definition) is 0. The molecule has 11 heavy (non-hydrogen) atoms. The molecule has 0 aliphatic heterocycles. The molecule has 1 rings (SSSR count). The highest BCUT2D eigenvalue weighted by atomic mass is 127. The zero-order valence-electron chi connectivity index (χ0n) is 6.52. The minimum Gasteiger partial charge on any atom is -0.430 e. The van der Waals surface area contributed by atoms with Crippen LogP contribution >= 0.6 is 22.6 Å². The van der Waals surface area contributed by atoms with Crippen molar-refractivity contribution < 1.29 is 9.53 Å². The van der Waals surface area contributed by atoms with Gasteiger partial charge in [0.25, 0.3) is 0 Å². The molecule has 3 heteroatoms. The fourth-order valence-corrected chi connectivity index (χ4v) is 1.88. The fraction of sp³-hybridized carbons (Fsp3) is 0.625. The molecule has 0 N–H and O–H groups in total. The lowest BCUT2D eigenvalue weighted by Crippen LogP contribution is -2.04. The van der Waals surface area contributed by atoms with Crippen LogP contribution in [0.3, 0.4) is 0 Å². The lowest BCUT2D eigenvalue weighted by atomic mass is 10.1. The van der Waals surface area contributed by atoms with E-state index in [2.05, 4.69) is 22.6 Å². The van der Waals surface area contributed by atoms with Crippen molar-refractivity contribution in [2.75, 3.05) is 0 Å². The van der Waals surface area contributed by atoms with Crippen molar-refractivity contribution in [3.63, 3.8) is 0 Å². The first-order valence-electron chi connectivity index (χ1n) is 3.76. The molecule has 0 unspecified atom stereocenters. The van der Waals surface area contributed by atoms with Crippen molar-refractivity contribution in [3.05, 3.63) is 9.34 Å². The maximum Gasteiger partial charge on any atom is 0.307 e. The Labute approximate surface area is 80.1 Å². The number of rotatable bonds is 1. The Morgan fingerprint density at radius 1 is 1.45 bits per heavy atom. The zero-order chi connectivity index (χ0) is 8.27. The summed E-state index contributed by atoms with van der Waals surface area (Å²) in [5.41, 5.74) is 0. The standard InChI is InChI=1S/C8H11IO2/c1-6(10)11-8-5-3-2-4-7(8)9/h2-5H2,1H3.